The van der Waals surface area contributed by atoms with Gasteiger partial charge in [-0.3, -0.25) is 9.10 Å². The van der Waals surface area contributed by atoms with E-state index in [1.807, 2.05) is 6.92 Å². The van der Waals surface area contributed by atoms with Crippen molar-refractivity contribution in [1.29, 1.82) is 0 Å². The average molecular weight is 425 g/mol. The molecule has 1 aliphatic rings. The van der Waals surface area contributed by atoms with Crippen LogP contribution < -0.4 is 19.1 Å². The Morgan fingerprint density at radius 3 is 2.64 bits per heavy atom. The molecule has 0 saturated heterocycles. The van der Waals surface area contributed by atoms with Crippen molar-refractivity contribution >= 4 is 38.9 Å². The van der Waals surface area contributed by atoms with E-state index in [2.05, 4.69) is 5.32 Å². The van der Waals surface area contributed by atoms with Crippen molar-refractivity contribution in [2.45, 2.75) is 19.4 Å². The molecule has 1 N–H and O–H groups in total. The monoisotopic (exact) mass is 424 g/mol. The summed E-state index contributed by atoms with van der Waals surface area (Å²) in [6.45, 7) is 2.55. The summed E-state index contributed by atoms with van der Waals surface area (Å²) in [6, 6.07) is 11.7. The van der Waals surface area contributed by atoms with Crippen molar-refractivity contribution in [3.05, 3.63) is 47.5 Å². The Morgan fingerprint density at radius 2 is 2.00 bits per heavy atom. The van der Waals surface area contributed by atoms with Crippen LogP contribution >= 0.6 is 11.6 Å². The molecular formula is C19H21ClN2O5S. The van der Waals surface area contributed by atoms with Crippen LogP contribution in [0.1, 0.15) is 13.3 Å². The van der Waals surface area contributed by atoms with Gasteiger partial charge in [-0.05, 0) is 49.4 Å². The lowest BCUT2D eigenvalue weighted by molar-refractivity contribution is -0.122. The number of hydrogen-bond acceptors (Lipinski definition) is 5. The summed E-state index contributed by atoms with van der Waals surface area (Å²) in [4.78, 5) is 12.7. The van der Waals surface area contributed by atoms with Gasteiger partial charge in [0.05, 0.1) is 18.6 Å². The molecule has 0 bridgehead atoms. The fourth-order valence-electron chi connectivity index (χ4n) is 2.91. The topological polar surface area (TPSA) is 84.9 Å². The Balaban J connectivity index is 1.80. The van der Waals surface area contributed by atoms with E-state index in [0.29, 0.717) is 34.5 Å². The number of halogens is 1. The Kier molecular flexibility index (Phi) is 6.00. The minimum Gasteiger partial charge on any atom is -0.494 e. The maximum atomic E-state index is 12.7. The van der Waals surface area contributed by atoms with E-state index < -0.39 is 16.1 Å². The molecule has 1 amide bonds. The molecule has 2 aromatic carbocycles. The average Bonchev–Trinajstić information content (AvgIpc) is 2.82. The second-order valence-electron chi connectivity index (χ2n) is 6.29. The van der Waals surface area contributed by atoms with Crippen molar-refractivity contribution < 1.29 is 22.7 Å². The molecule has 1 heterocycles. The maximum absolute atomic E-state index is 12.7. The van der Waals surface area contributed by atoms with Gasteiger partial charge in [0.2, 0.25) is 10.0 Å². The largest absolute Gasteiger partial charge is 0.494 e. The van der Waals surface area contributed by atoms with Crippen molar-refractivity contribution in [3.8, 4) is 11.5 Å². The van der Waals surface area contributed by atoms with Crippen LogP contribution in [0.5, 0.6) is 11.5 Å². The number of sulfonamides is 1. The fourth-order valence-corrected chi connectivity index (χ4v) is 4.01. The zero-order valence-corrected chi connectivity index (χ0v) is 17.1. The normalized spacial score (nSPS) is 16.5. The minimum absolute atomic E-state index is 0.105. The number of amides is 1. The van der Waals surface area contributed by atoms with Crippen LogP contribution in [0.2, 0.25) is 5.02 Å². The zero-order chi connectivity index (χ0) is 20.3. The van der Waals surface area contributed by atoms with Crippen LogP contribution in [-0.2, 0) is 14.8 Å². The molecule has 0 radical (unpaired) electrons. The quantitative estimate of drug-likeness (QED) is 0.796. The van der Waals surface area contributed by atoms with Crippen LogP contribution in [0, 0.1) is 0 Å². The van der Waals surface area contributed by atoms with Gasteiger partial charge in [-0.25, -0.2) is 8.42 Å². The maximum Gasteiger partial charge on any atom is 0.265 e. The summed E-state index contributed by atoms with van der Waals surface area (Å²) in [5.74, 6) is 0.639. The van der Waals surface area contributed by atoms with Gasteiger partial charge in [0.1, 0.15) is 11.5 Å². The number of nitrogens with one attached hydrogen (secondary N) is 1. The Labute approximate surface area is 169 Å². The van der Waals surface area contributed by atoms with E-state index in [1.54, 1.807) is 36.4 Å². The van der Waals surface area contributed by atoms with Crippen LogP contribution in [0.3, 0.4) is 0 Å². The number of benzene rings is 2. The third-order valence-corrected chi connectivity index (χ3v) is 5.59. The molecule has 1 aliphatic heterocycles. The molecule has 0 unspecified atom stereocenters. The number of carbonyl (C=O) groups is 1. The predicted molar refractivity (Wildman–Crippen MR) is 109 cm³/mol. The lowest BCUT2D eigenvalue weighted by Crippen LogP contribution is -2.35. The molecular weight excluding hydrogens is 404 g/mol. The lowest BCUT2D eigenvalue weighted by Gasteiger charge is -2.21. The SMILES string of the molecule is CCOc1ccc(NC(=O)[C@H]2CCN(S(C)(=O)=O)c3cc(Cl)ccc3O2)cc1. The summed E-state index contributed by atoms with van der Waals surface area (Å²) in [5.41, 5.74) is 0.920. The molecule has 3 rings (SSSR count). The van der Waals surface area contributed by atoms with Gasteiger partial charge in [0, 0.05) is 23.7 Å². The van der Waals surface area contributed by atoms with E-state index in [-0.39, 0.29) is 18.9 Å². The second kappa shape index (κ2) is 8.28. The van der Waals surface area contributed by atoms with Crippen molar-refractivity contribution in [3.63, 3.8) is 0 Å². The lowest BCUT2D eigenvalue weighted by atomic mass is 10.2. The first kappa shape index (κ1) is 20.3. The van der Waals surface area contributed by atoms with Gasteiger partial charge in [0.15, 0.2) is 6.10 Å². The fraction of sp³-hybridized carbons (Fsp3) is 0.316. The van der Waals surface area contributed by atoms with E-state index in [1.165, 1.54) is 10.4 Å². The van der Waals surface area contributed by atoms with Crippen molar-refractivity contribution in [1.82, 2.24) is 0 Å². The molecule has 0 fully saturated rings. The number of ether oxygens (including phenoxy) is 2. The van der Waals surface area contributed by atoms with Gasteiger partial charge >= 0.3 is 0 Å². The van der Waals surface area contributed by atoms with Gasteiger partial charge in [-0.2, -0.15) is 0 Å². The molecule has 0 saturated carbocycles. The first-order valence-corrected chi connectivity index (χ1v) is 11.0. The van der Waals surface area contributed by atoms with Crippen LogP contribution in [0.4, 0.5) is 11.4 Å². The van der Waals surface area contributed by atoms with Gasteiger partial charge in [-0.1, -0.05) is 11.6 Å². The van der Waals surface area contributed by atoms with E-state index in [4.69, 9.17) is 21.1 Å². The zero-order valence-electron chi connectivity index (χ0n) is 15.5. The highest BCUT2D eigenvalue weighted by Crippen LogP contribution is 2.36. The molecule has 0 aromatic heterocycles. The molecule has 0 spiro atoms. The number of fused-ring (bicyclic) bond motifs is 1. The smallest absolute Gasteiger partial charge is 0.265 e. The number of rotatable bonds is 5. The van der Waals surface area contributed by atoms with Crippen molar-refractivity contribution in [2.75, 3.05) is 29.0 Å². The highest BCUT2D eigenvalue weighted by atomic mass is 35.5. The Hall–Kier alpha value is -2.45. The number of hydrogen-bond donors (Lipinski definition) is 1. The summed E-state index contributed by atoms with van der Waals surface area (Å²) in [7, 11) is -3.55. The van der Waals surface area contributed by atoms with Crippen LogP contribution in [-0.4, -0.2) is 39.8 Å². The van der Waals surface area contributed by atoms with Crippen LogP contribution in [0.25, 0.3) is 0 Å². The molecule has 150 valence electrons. The highest BCUT2D eigenvalue weighted by molar-refractivity contribution is 7.92. The molecule has 2 aromatic rings. The van der Waals surface area contributed by atoms with Gasteiger partial charge < -0.3 is 14.8 Å². The highest BCUT2D eigenvalue weighted by Gasteiger charge is 2.31. The first-order valence-electron chi connectivity index (χ1n) is 8.75. The van der Waals surface area contributed by atoms with E-state index in [9.17, 15) is 13.2 Å². The number of anilines is 2. The summed E-state index contributed by atoms with van der Waals surface area (Å²) < 4.78 is 36.8. The molecule has 28 heavy (non-hydrogen) atoms. The third-order valence-electron chi connectivity index (χ3n) is 4.18. The van der Waals surface area contributed by atoms with Crippen LogP contribution in [0.15, 0.2) is 42.5 Å². The standard InChI is InChI=1S/C19H21ClN2O5S/c1-3-26-15-7-5-14(6-8-15)21-19(23)18-10-11-22(28(2,24)25)16-12-13(20)4-9-17(16)27-18/h4-9,12,18H,3,10-11H2,1-2H3,(H,21,23)/t18-/m1/s1. The molecule has 1 atom stereocenters. The van der Waals surface area contributed by atoms with E-state index >= 15 is 0 Å². The minimum atomic E-state index is -3.55. The van der Waals surface area contributed by atoms with Gasteiger partial charge in [-0.15, -0.1) is 0 Å². The molecule has 7 nitrogen and oxygen atoms in total. The Bertz CT molecular complexity index is 963. The predicted octanol–water partition coefficient (Wildman–Crippen LogP) is 3.29. The van der Waals surface area contributed by atoms with Gasteiger partial charge in [0.25, 0.3) is 5.91 Å². The summed E-state index contributed by atoms with van der Waals surface area (Å²) >= 11 is 6.02. The molecule has 9 heteroatoms. The number of nitrogens with zero attached hydrogens (tertiary/aromatic N) is 1. The Morgan fingerprint density at radius 1 is 1.29 bits per heavy atom. The van der Waals surface area contributed by atoms with Crippen molar-refractivity contribution in [2.24, 2.45) is 0 Å². The first-order chi connectivity index (χ1) is 13.3. The second-order valence-corrected chi connectivity index (χ2v) is 8.63. The van der Waals surface area contributed by atoms with E-state index in [0.717, 1.165) is 6.26 Å². The third kappa shape index (κ3) is 4.69. The summed E-state index contributed by atoms with van der Waals surface area (Å²) in [6.07, 6.45) is 0.457. The summed E-state index contributed by atoms with van der Waals surface area (Å²) in [5, 5.41) is 3.17. The number of carbonyl (C=O) groups excluding carboxylic acids is 1. The molecule has 0 aliphatic carbocycles.